The molecule has 2 aromatic heterocycles. The van der Waals surface area contributed by atoms with Gasteiger partial charge in [-0.15, -0.1) is 0 Å². The van der Waals surface area contributed by atoms with Crippen LogP contribution in [0.25, 0.3) is 21.8 Å². The molecule has 21 heavy (non-hydrogen) atoms. The molecule has 0 bridgehead atoms. The van der Waals surface area contributed by atoms with Crippen molar-refractivity contribution in [2.45, 2.75) is 20.0 Å². The number of benzene rings is 1. The summed E-state index contributed by atoms with van der Waals surface area (Å²) in [5.74, 6) is 0.0679. The minimum absolute atomic E-state index is 0.0679. The lowest BCUT2D eigenvalue weighted by Gasteiger charge is -2.06. The first-order chi connectivity index (χ1) is 9.97. The number of ether oxygens (including phenoxy) is 1. The van der Waals surface area contributed by atoms with Crippen molar-refractivity contribution in [1.82, 2.24) is 9.97 Å². The molecule has 1 atom stereocenters. The Morgan fingerprint density at radius 3 is 2.81 bits per heavy atom. The summed E-state index contributed by atoms with van der Waals surface area (Å²) in [4.78, 5) is 17.9. The van der Waals surface area contributed by atoms with Crippen LogP contribution in [0.5, 0.6) is 5.88 Å². The Bertz CT molecular complexity index is 852. The second kappa shape index (κ2) is 4.75. The van der Waals surface area contributed by atoms with E-state index in [4.69, 9.17) is 9.84 Å². The van der Waals surface area contributed by atoms with Crippen LogP contribution in [-0.4, -0.2) is 26.3 Å². The van der Waals surface area contributed by atoms with Gasteiger partial charge in [0.2, 0.25) is 5.88 Å². The van der Waals surface area contributed by atoms with E-state index in [0.29, 0.717) is 5.56 Å². The zero-order valence-electron chi connectivity index (χ0n) is 11.5. The van der Waals surface area contributed by atoms with Gasteiger partial charge < -0.3 is 19.9 Å². The molecule has 3 N–H and O–H groups in total. The Morgan fingerprint density at radius 1 is 1.38 bits per heavy atom. The van der Waals surface area contributed by atoms with E-state index in [1.807, 2.05) is 18.2 Å². The lowest BCUT2D eigenvalue weighted by molar-refractivity contribution is 0.142. The van der Waals surface area contributed by atoms with Gasteiger partial charge in [-0.3, -0.25) is 0 Å². The fraction of sp³-hybridized carbons (Fsp3) is 0.200. The van der Waals surface area contributed by atoms with Gasteiger partial charge in [0, 0.05) is 21.9 Å². The number of carbonyl (C=O) groups is 1. The number of nitrogens with one attached hydrogen (secondary N) is 1. The monoisotopic (exact) mass is 286 g/mol. The third-order valence-electron chi connectivity index (χ3n) is 3.52. The molecule has 2 heterocycles. The van der Waals surface area contributed by atoms with Crippen molar-refractivity contribution in [1.29, 1.82) is 0 Å². The average molecular weight is 286 g/mol. The number of aromatic nitrogens is 2. The number of aliphatic hydroxyl groups is 1. The summed E-state index contributed by atoms with van der Waals surface area (Å²) in [5.41, 5.74) is 3.12. The molecule has 0 saturated carbocycles. The summed E-state index contributed by atoms with van der Waals surface area (Å²) in [6, 6.07) is 5.62. The first-order valence-electron chi connectivity index (χ1n) is 6.47. The summed E-state index contributed by atoms with van der Waals surface area (Å²) in [5, 5.41) is 20.2. The number of rotatable bonds is 2. The van der Waals surface area contributed by atoms with E-state index in [2.05, 4.69) is 9.97 Å². The number of aromatic amines is 1. The number of nitrogens with zero attached hydrogens (tertiary/aromatic N) is 1. The third kappa shape index (κ3) is 2.19. The zero-order valence-corrected chi connectivity index (χ0v) is 11.5. The molecule has 3 aromatic rings. The lowest BCUT2D eigenvalue weighted by Crippen LogP contribution is -2.05. The number of pyridine rings is 1. The van der Waals surface area contributed by atoms with E-state index < -0.39 is 12.3 Å². The van der Waals surface area contributed by atoms with Crippen LogP contribution in [0, 0.1) is 6.92 Å². The van der Waals surface area contributed by atoms with Crippen molar-refractivity contribution in [2.75, 3.05) is 0 Å². The molecule has 6 nitrogen and oxygen atoms in total. The van der Waals surface area contributed by atoms with Crippen LogP contribution < -0.4 is 4.74 Å². The topological polar surface area (TPSA) is 95.4 Å². The van der Waals surface area contributed by atoms with Crippen molar-refractivity contribution >= 4 is 28.0 Å². The highest BCUT2D eigenvalue weighted by Gasteiger charge is 2.15. The molecule has 0 amide bonds. The molecule has 1 unspecified atom stereocenters. The van der Waals surface area contributed by atoms with Crippen LogP contribution >= 0.6 is 0 Å². The van der Waals surface area contributed by atoms with E-state index in [0.717, 1.165) is 27.4 Å². The number of aliphatic hydroxyl groups excluding tert-OH is 1. The maximum atomic E-state index is 10.7. The van der Waals surface area contributed by atoms with E-state index >= 15 is 0 Å². The van der Waals surface area contributed by atoms with Crippen molar-refractivity contribution in [3.63, 3.8) is 0 Å². The Hall–Kier alpha value is -2.60. The molecule has 0 radical (unpaired) electrons. The van der Waals surface area contributed by atoms with Crippen molar-refractivity contribution in [3.05, 3.63) is 35.5 Å². The highest BCUT2D eigenvalue weighted by molar-refractivity contribution is 6.09. The third-order valence-corrected chi connectivity index (χ3v) is 3.52. The Labute approximate surface area is 120 Å². The molecule has 3 rings (SSSR count). The van der Waals surface area contributed by atoms with Crippen LogP contribution in [-0.2, 0) is 0 Å². The fourth-order valence-electron chi connectivity index (χ4n) is 2.50. The van der Waals surface area contributed by atoms with Crippen LogP contribution in [0.15, 0.2) is 24.4 Å². The standard InChI is InChI=1S/C15H14N2O4/c1-7-13-10-5-9(8(2)18)3-4-11(10)17-12(13)6-16-14(7)21-15(19)20/h3-6,8,17-18H,1-2H3,(H,19,20). The van der Waals surface area contributed by atoms with E-state index in [1.165, 1.54) is 0 Å². The van der Waals surface area contributed by atoms with Gasteiger partial charge in [-0.2, -0.15) is 0 Å². The van der Waals surface area contributed by atoms with Crippen LogP contribution in [0.4, 0.5) is 4.79 Å². The largest absolute Gasteiger partial charge is 0.512 e. The van der Waals surface area contributed by atoms with Crippen molar-refractivity contribution in [2.24, 2.45) is 0 Å². The normalized spacial score (nSPS) is 12.7. The molecule has 0 aliphatic carbocycles. The number of hydrogen-bond acceptors (Lipinski definition) is 4. The quantitative estimate of drug-likeness (QED) is 0.629. The summed E-state index contributed by atoms with van der Waals surface area (Å²) >= 11 is 0. The number of hydrogen-bond donors (Lipinski definition) is 3. The minimum atomic E-state index is -1.39. The second-order valence-corrected chi connectivity index (χ2v) is 4.95. The minimum Gasteiger partial charge on any atom is -0.449 e. The van der Waals surface area contributed by atoms with E-state index in [9.17, 15) is 9.90 Å². The fourth-order valence-corrected chi connectivity index (χ4v) is 2.50. The second-order valence-electron chi connectivity index (χ2n) is 4.95. The highest BCUT2D eigenvalue weighted by atomic mass is 16.7. The molecule has 0 aliphatic heterocycles. The zero-order chi connectivity index (χ0) is 15.1. The Kier molecular flexibility index (Phi) is 3.03. The molecule has 0 spiro atoms. The predicted octanol–water partition coefficient (Wildman–Crippen LogP) is 3.13. The van der Waals surface area contributed by atoms with Gasteiger partial charge in [-0.1, -0.05) is 6.07 Å². The van der Waals surface area contributed by atoms with Gasteiger partial charge in [0.25, 0.3) is 0 Å². The maximum absolute atomic E-state index is 10.7. The molecular weight excluding hydrogens is 272 g/mol. The summed E-state index contributed by atoms with van der Waals surface area (Å²) in [6.07, 6.45) is -0.423. The highest BCUT2D eigenvalue weighted by Crippen LogP contribution is 2.33. The molecule has 0 aliphatic rings. The van der Waals surface area contributed by atoms with Gasteiger partial charge in [0.15, 0.2) is 0 Å². The molecule has 1 aromatic carbocycles. The summed E-state index contributed by atoms with van der Waals surface area (Å²) < 4.78 is 4.69. The van der Waals surface area contributed by atoms with Gasteiger partial charge >= 0.3 is 6.16 Å². The van der Waals surface area contributed by atoms with Crippen molar-refractivity contribution in [3.8, 4) is 5.88 Å². The van der Waals surface area contributed by atoms with Crippen LogP contribution in [0.1, 0.15) is 24.2 Å². The van der Waals surface area contributed by atoms with E-state index in [1.54, 1.807) is 20.0 Å². The number of aryl methyl sites for hydroxylation is 1. The molecule has 108 valence electrons. The van der Waals surface area contributed by atoms with Crippen LogP contribution in [0.3, 0.4) is 0 Å². The van der Waals surface area contributed by atoms with Gasteiger partial charge in [-0.25, -0.2) is 9.78 Å². The molecule has 0 fully saturated rings. The lowest BCUT2D eigenvalue weighted by atomic mass is 10.0. The molecule has 6 heteroatoms. The van der Waals surface area contributed by atoms with Crippen molar-refractivity contribution < 1.29 is 19.7 Å². The van der Waals surface area contributed by atoms with E-state index in [-0.39, 0.29) is 5.88 Å². The Morgan fingerprint density at radius 2 is 2.14 bits per heavy atom. The predicted molar refractivity (Wildman–Crippen MR) is 77.6 cm³/mol. The van der Waals surface area contributed by atoms with Crippen LogP contribution in [0.2, 0.25) is 0 Å². The number of fused-ring (bicyclic) bond motifs is 3. The molecule has 0 saturated heterocycles. The SMILES string of the molecule is Cc1c(OC(=O)O)ncc2[nH]c3ccc(C(C)O)cc3c12. The smallest absolute Gasteiger partial charge is 0.449 e. The maximum Gasteiger partial charge on any atom is 0.512 e. The first-order valence-corrected chi connectivity index (χ1v) is 6.47. The summed E-state index contributed by atoms with van der Waals surface area (Å²) in [7, 11) is 0. The number of carboxylic acid groups (broad SMARTS) is 1. The molecular formula is C15H14N2O4. The van der Waals surface area contributed by atoms with Gasteiger partial charge in [0.1, 0.15) is 0 Å². The average Bonchev–Trinajstić information content (AvgIpc) is 2.79. The Balaban J connectivity index is 2.31. The number of H-pyrrole nitrogens is 1. The van der Waals surface area contributed by atoms with Gasteiger partial charge in [0.05, 0.1) is 17.8 Å². The first kappa shape index (κ1) is 13.4. The van der Waals surface area contributed by atoms with Gasteiger partial charge in [-0.05, 0) is 31.5 Å². The summed E-state index contributed by atoms with van der Waals surface area (Å²) in [6.45, 7) is 3.46.